The summed E-state index contributed by atoms with van der Waals surface area (Å²) in [4.78, 5) is 12.2. The highest BCUT2D eigenvalue weighted by Crippen LogP contribution is 2.48. The molecule has 0 aromatic heterocycles. The molecule has 24 heavy (non-hydrogen) atoms. The number of nitriles is 1. The summed E-state index contributed by atoms with van der Waals surface area (Å²) in [6, 6.07) is 13.5. The molecule has 0 radical (unpaired) electrons. The Morgan fingerprint density at radius 2 is 1.71 bits per heavy atom. The standard InChI is InChI=1S/C18H13F3N2O/c19-18(20,21)13-5-3-12(4-6-13)15-9-16(15)17(24)23-14-7-1-11(10-22)2-8-14/h1-8,15-16H,9H2,(H,23,24). The molecule has 2 unspecified atom stereocenters. The third-order valence-electron chi connectivity index (χ3n) is 4.07. The maximum Gasteiger partial charge on any atom is 0.416 e. The predicted octanol–water partition coefficient (Wildman–Crippen LogP) is 4.32. The summed E-state index contributed by atoms with van der Waals surface area (Å²) in [5.74, 6) is -0.451. The smallest absolute Gasteiger partial charge is 0.326 e. The first-order valence-corrected chi connectivity index (χ1v) is 7.36. The Hall–Kier alpha value is -2.81. The van der Waals surface area contributed by atoms with E-state index in [0.29, 0.717) is 17.7 Å². The number of carbonyl (C=O) groups is 1. The molecule has 0 aliphatic heterocycles. The Labute approximate surface area is 136 Å². The first kappa shape index (κ1) is 16.1. The number of hydrogen-bond donors (Lipinski definition) is 1. The molecule has 1 amide bonds. The van der Waals surface area contributed by atoms with Crippen LogP contribution in [0.4, 0.5) is 18.9 Å². The summed E-state index contributed by atoms with van der Waals surface area (Å²) in [5, 5.41) is 11.5. The molecule has 0 heterocycles. The minimum absolute atomic E-state index is 0.0503. The highest BCUT2D eigenvalue weighted by Gasteiger charge is 2.44. The van der Waals surface area contributed by atoms with Gasteiger partial charge in [0.05, 0.1) is 17.2 Å². The van der Waals surface area contributed by atoms with Crippen molar-refractivity contribution in [1.29, 1.82) is 5.26 Å². The Kier molecular flexibility index (Phi) is 4.02. The van der Waals surface area contributed by atoms with Gasteiger partial charge in [-0.15, -0.1) is 0 Å². The molecule has 1 saturated carbocycles. The van der Waals surface area contributed by atoms with E-state index in [-0.39, 0.29) is 17.7 Å². The van der Waals surface area contributed by atoms with Gasteiger partial charge >= 0.3 is 6.18 Å². The van der Waals surface area contributed by atoms with Crippen molar-refractivity contribution in [2.45, 2.75) is 18.5 Å². The number of amides is 1. The zero-order chi connectivity index (χ0) is 17.3. The van der Waals surface area contributed by atoms with Crippen LogP contribution in [0, 0.1) is 17.2 Å². The van der Waals surface area contributed by atoms with Gasteiger partial charge in [0.25, 0.3) is 0 Å². The maximum atomic E-state index is 12.6. The number of benzene rings is 2. The lowest BCUT2D eigenvalue weighted by molar-refractivity contribution is -0.137. The van der Waals surface area contributed by atoms with E-state index in [1.165, 1.54) is 12.1 Å². The maximum absolute atomic E-state index is 12.6. The summed E-state index contributed by atoms with van der Waals surface area (Å²) in [5.41, 5.74) is 1.15. The molecule has 3 rings (SSSR count). The second-order valence-corrected chi connectivity index (χ2v) is 5.75. The van der Waals surface area contributed by atoms with Crippen molar-refractivity contribution in [2.24, 2.45) is 5.92 Å². The van der Waals surface area contributed by atoms with E-state index in [1.54, 1.807) is 24.3 Å². The predicted molar refractivity (Wildman–Crippen MR) is 82.1 cm³/mol. The van der Waals surface area contributed by atoms with Crippen LogP contribution in [0.1, 0.15) is 29.0 Å². The van der Waals surface area contributed by atoms with Crippen LogP contribution < -0.4 is 5.32 Å². The molecule has 0 saturated heterocycles. The van der Waals surface area contributed by atoms with Crippen LogP contribution >= 0.6 is 0 Å². The largest absolute Gasteiger partial charge is 0.416 e. The monoisotopic (exact) mass is 330 g/mol. The number of carbonyl (C=O) groups excluding carboxylic acids is 1. The third kappa shape index (κ3) is 3.40. The van der Waals surface area contributed by atoms with Crippen LogP contribution in [0.5, 0.6) is 0 Å². The lowest BCUT2D eigenvalue weighted by Gasteiger charge is -2.08. The highest BCUT2D eigenvalue weighted by molar-refractivity contribution is 5.95. The van der Waals surface area contributed by atoms with Crippen LogP contribution in [0.25, 0.3) is 0 Å². The van der Waals surface area contributed by atoms with Crippen LogP contribution in [0.15, 0.2) is 48.5 Å². The topological polar surface area (TPSA) is 52.9 Å². The number of nitrogens with zero attached hydrogens (tertiary/aromatic N) is 1. The first-order chi connectivity index (χ1) is 11.4. The van der Waals surface area contributed by atoms with Gasteiger partial charge in [0, 0.05) is 11.6 Å². The van der Waals surface area contributed by atoms with Crippen LogP contribution in [-0.4, -0.2) is 5.91 Å². The Morgan fingerprint density at radius 1 is 1.08 bits per heavy atom. The highest BCUT2D eigenvalue weighted by atomic mass is 19.4. The first-order valence-electron chi connectivity index (χ1n) is 7.36. The number of anilines is 1. The lowest BCUT2D eigenvalue weighted by atomic mass is 10.1. The average molecular weight is 330 g/mol. The second-order valence-electron chi connectivity index (χ2n) is 5.75. The van der Waals surface area contributed by atoms with E-state index in [4.69, 9.17) is 5.26 Å². The van der Waals surface area contributed by atoms with E-state index in [9.17, 15) is 18.0 Å². The lowest BCUT2D eigenvalue weighted by Crippen LogP contribution is -2.14. The molecule has 0 spiro atoms. The second kappa shape index (κ2) is 6.00. The fraction of sp³-hybridized carbons (Fsp3) is 0.222. The van der Waals surface area contributed by atoms with Gasteiger partial charge < -0.3 is 5.32 Å². The molecule has 0 bridgehead atoms. The van der Waals surface area contributed by atoms with Crippen molar-refractivity contribution < 1.29 is 18.0 Å². The van der Waals surface area contributed by atoms with Crippen molar-refractivity contribution >= 4 is 11.6 Å². The SMILES string of the molecule is N#Cc1ccc(NC(=O)C2CC2c2ccc(C(F)(F)F)cc2)cc1. The summed E-state index contributed by atoms with van der Waals surface area (Å²) in [6.07, 6.45) is -3.73. The molecule has 1 aliphatic carbocycles. The van der Waals surface area contributed by atoms with Crippen molar-refractivity contribution in [3.8, 4) is 6.07 Å². The van der Waals surface area contributed by atoms with Crippen LogP contribution in [0.2, 0.25) is 0 Å². The Bertz CT molecular complexity index is 789. The molecular formula is C18H13F3N2O. The van der Waals surface area contributed by atoms with Gasteiger partial charge in [0.2, 0.25) is 5.91 Å². The molecule has 2 atom stereocenters. The summed E-state index contributed by atoms with van der Waals surface area (Å²) < 4.78 is 37.7. The normalized spacial score (nSPS) is 19.4. The van der Waals surface area contributed by atoms with Crippen LogP contribution in [-0.2, 0) is 11.0 Å². The van der Waals surface area contributed by atoms with Crippen molar-refractivity contribution in [3.63, 3.8) is 0 Å². The average Bonchev–Trinajstić information content (AvgIpc) is 3.36. The number of nitrogens with one attached hydrogen (secondary N) is 1. The molecule has 2 aromatic carbocycles. The van der Waals surface area contributed by atoms with Gasteiger partial charge in [-0.3, -0.25) is 4.79 Å². The fourth-order valence-electron chi connectivity index (χ4n) is 2.64. The molecule has 2 aromatic rings. The number of rotatable bonds is 3. The van der Waals surface area contributed by atoms with Crippen LogP contribution in [0.3, 0.4) is 0 Å². The fourth-order valence-corrected chi connectivity index (χ4v) is 2.64. The van der Waals surface area contributed by atoms with Gasteiger partial charge in [-0.05, 0) is 54.3 Å². The van der Waals surface area contributed by atoms with E-state index < -0.39 is 11.7 Å². The Balaban J connectivity index is 1.62. The van der Waals surface area contributed by atoms with E-state index >= 15 is 0 Å². The molecule has 3 nitrogen and oxygen atoms in total. The molecular weight excluding hydrogens is 317 g/mol. The Morgan fingerprint density at radius 3 is 2.25 bits per heavy atom. The molecule has 1 fully saturated rings. The number of halogens is 3. The quantitative estimate of drug-likeness (QED) is 0.911. The minimum atomic E-state index is -4.35. The van der Waals surface area contributed by atoms with E-state index in [1.807, 2.05) is 6.07 Å². The third-order valence-corrected chi connectivity index (χ3v) is 4.07. The number of alkyl halides is 3. The van der Waals surface area contributed by atoms with Crippen molar-refractivity contribution in [3.05, 3.63) is 65.2 Å². The molecule has 1 aliphatic rings. The van der Waals surface area contributed by atoms with E-state index in [2.05, 4.69) is 5.32 Å². The van der Waals surface area contributed by atoms with Crippen molar-refractivity contribution in [1.82, 2.24) is 0 Å². The van der Waals surface area contributed by atoms with Gasteiger partial charge in [0.1, 0.15) is 0 Å². The molecule has 1 N–H and O–H groups in total. The van der Waals surface area contributed by atoms with E-state index in [0.717, 1.165) is 17.7 Å². The zero-order valence-corrected chi connectivity index (χ0v) is 12.5. The van der Waals surface area contributed by atoms with Crippen molar-refractivity contribution in [2.75, 3.05) is 5.32 Å². The zero-order valence-electron chi connectivity index (χ0n) is 12.5. The summed E-state index contributed by atoms with van der Waals surface area (Å²) in [7, 11) is 0. The van der Waals surface area contributed by atoms with Gasteiger partial charge in [-0.2, -0.15) is 18.4 Å². The molecule has 6 heteroatoms. The summed E-state index contributed by atoms with van der Waals surface area (Å²) >= 11 is 0. The van der Waals surface area contributed by atoms with Gasteiger partial charge in [-0.1, -0.05) is 12.1 Å². The van der Waals surface area contributed by atoms with Gasteiger partial charge in [0.15, 0.2) is 0 Å². The minimum Gasteiger partial charge on any atom is -0.326 e. The van der Waals surface area contributed by atoms with Gasteiger partial charge in [-0.25, -0.2) is 0 Å². The number of hydrogen-bond acceptors (Lipinski definition) is 2. The summed E-state index contributed by atoms with van der Waals surface area (Å²) in [6.45, 7) is 0. The molecule has 122 valence electrons.